The number of methoxy groups -OCH3 is 1. The van der Waals surface area contributed by atoms with Crippen molar-refractivity contribution in [1.29, 1.82) is 0 Å². The normalized spacial score (nSPS) is 10.7. The molecule has 0 aliphatic heterocycles. The highest BCUT2D eigenvalue weighted by atomic mass is 79.9. The van der Waals surface area contributed by atoms with Gasteiger partial charge < -0.3 is 10.1 Å². The molecule has 2 rings (SSSR count). The molecular formula is C17H18BrClN2O2. The van der Waals surface area contributed by atoms with E-state index in [2.05, 4.69) is 21.2 Å². The molecule has 0 bridgehead atoms. The first kappa shape index (κ1) is 17.8. The van der Waals surface area contributed by atoms with Gasteiger partial charge in [0.25, 0.3) is 0 Å². The number of likely N-dealkylation sites (N-methyl/N-ethyl adjacent to an activating group) is 1. The maximum atomic E-state index is 12.2. The first-order valence-corrected chi connectivity index (χ1v) is 8.22. The van der Waals surface area contributed by atoms with Crippen LogP contribution in [0.3, 0.4) is 0 Å². The molecule has 2 aromatic rings. The maximum Gasteiger partial charge on any atom is 0.238 e. The molecule has 0 fully saturated rings. The van der Waals surface area contributed by atoms with Gasteiger partial charge in [0.05, 0.1) is 19.3 Å². The number of carbonyl (C=O) groups excluding carboxylic acids is 1. The lowest BCUT2D eigenvalue weighted by Gasteiger charge is -2.18. The third-order valence-electron chi connectivity index (χ3n) is 3.24. The third-order valence-corrected chi connectivity index (χ3v) is 4.17. The molecule has 122 valence electrons. The molecule has 0 aliphatic rings. The Balaban J connectivity index is 1.97. The van der Waals surface area contributed by atoms with Crippen LogP contribution >= 0.6 is 27.5 Å². The highest BCUT2D eigenvalue weighted by molar-refractivity contribution is 9.10. The number of halogens is 2. The monoisotopic (exact) mass is 396 g/mol. The number of nitrogens with one attached hydrogen (secondary N) is 1. The molecule has 0 atom stereocenters. The second-order valence-electron chi connectivity index (χ2n) is 5.16. The van der Waals surface area contributed by atoms with Gasteiger partial charge in [-0.3, -0.25) is 9.69 Å². The molecule has 6 heteroatoms. The Labute approximate surface area is 149 Å². The molecule has 1 amide bonds. The minimum absolute atomic E-state index is 0.0830. The van der Waals surface area contributed by atoms with Crippen LogP contribution in [0.5, 0.6) is 5.75 Å². The highest BCUT2D eigenvalue weighted by Gasteiger charge is 2.11. The second-order valence-corrected chi connectivity index (χ2v) is 6.45. The van der Waals surface area contributed by atoms with Crippen molar-refractivity contribution in [3.8, 4) is 5.75 Å². The largest absolute Gasteiger partial charge is 0.496 e. The summed E-state index contributed by atoms with van der Waals surface area (Å²) < 4.78 is 6.18. The van der Waals surface area contributed by atoms with E-state index >= 15 is 0 Å². The number of para-hydroxylation sites is 1. The molecule has 1 N–H and O–H groups in total. The van der Waals surface area contributed by atoms with Crippen LogP contribution in [0.2, 0.25) is 5.02 Å². The Hall–Kier alpha value is -1.56. The summed E-state index contributed by atoms with van der Waals surface area (Å²) in [6, 6.07) is 13.0. The number of hydrogen-bond donors (Lipinski definition) is 1. The van der Waals surface area contributed by atoms with Crippen molar-refractivity contribution < 1.29 is 9.53 Å². The first-order chi connectivity index (χ1) is 11.0. The van der Waals surface area contributed by atoms with Gasteiger partial charge in [-0.05, 0) is 53.3 Å². The third kappa shape index (κ3) is 5.23. The minimum atomic E-state index is -0.0830. The van der Waals surface area contributed by atoms with Crippen molar-refractivity contribution in [2.75, 3.05) is 26.0 Å². The molecule has 2 aromatic carbocycles. The van der Waals surface area contributed by atoms with Gasteiger partial charge in [0.2, 0.25) is 5.91 Å². The van der Waals surface area contributed by atoms with Crippen LogP contribution in [0.4, 0.5) is 5.69 Å². The van der Waals surface area contributed by atoms with Crippen molar-refractivity contribution in [2.45, 2.75) is 6.54 Å². The molecule has 0 radical (unpaired) electrons. The van der Waals surface area contributed by atoms with Gasteiger partial charge in [-0.25, -0.2) is 0 Å². The van der Waals surface area contributed by atoms with Gasteiger partial charge in [0.1, 0.15) is 5.75 Å². The Morgan fingerprint density at radius 1 is 1.30 bits per heavy atom. The number of anilines is 1. The number of benzene rings is 2. The molecule has 0 aliphatic carbocycles. The van der Waals surface area contributed by atoms with Gasteiger partial charge in [0.15, 0.2) is 0 Å². The summed E-state index contributed by atoms with van der Waals surface area (Å²) in [5.74, 6) is 0.674. The SMILES string of the molecule is COc1ccc(Cl)cc1CN(C)CC(=O)Nc1ccccc1Br. The fraction of sp³-hybridized carbons (Fsp3) is 0.235. The summed E-state index contributed by atoms with van der Waals surface area (Å²) in [5, 5.41) is 3.53. The van der Waals surface area contributed by atoms with Crippen molar-refractivity contribution in [3.63, 3.8) is 0 Å². The zero-order valence-electron chi connectivity index (χ0n) is 13.0. The van der Waals surface area contributed by atoms with E-state index in [0.717, 1.165) is 21.5 Å². The number of ether oxygens (including phenoxy) is 1. The number of hydrogen-bond acceptors (Lipinski definition) is 3. The number of nitrogens with zero attached hydrogens (tertiary/aromatic N) is 1. The van der Waals surface area contributed by atoms with Gasteiger partial charge in [-0.1, -0.05) is 23.7 Å². The van der Waals surface area contributed by atoms with Crippen LogP contribution in [0.1, 0.15) is 5.56 Å². The Bertz CT molecular complexity index is 694. The molecule has 0 saturated heterocycles. The first-order valence-electron chi connectivity index (χ1n) is 7.05. The quantitative estimate of drug-likeness (QED) is 0.795. The Morgan fingerprint density at radius 3 is 2.74 bits per heavy atom. The van der Waals surface area contributed by atoms with E-state index in [1.54, 1.807) is 13.2 Å². The molecule has 0 heterocycles. The maximum absolute atomic E-state index is 12.2. The average molecular weight is 398 g/mol. The van der Waals surface area contributed by atoms with Crippen molar-refractivity contribution in [1.82, 2.24) is 4.90 Å². The summed E-state index contributed by atoms with van der Waals surface area (Å²) >= 11 is 9.44. The average Bonchev–Trinajstić information content (AvgIpc) is 2.49. The highest BCUT2D eigenvalue weighted by Crippen LogP contribution is 2.24. The van der Waals surface area contributed by atoms with Crippen molar-refractivity contribution in [2.24, 2.45) is 0 Å². The summed E-state index contributed by atoms with van der Waals surface area (Å²) in [7, 11) is 3.49. The zero-order valence-corrected chi connectivity index (χ0v) is 15.3. The number of amides is 1. The van der Waals surface area contributed by atoms with E-state index in [1.807, 2.05) is 48.3 Å². The minimum Gasteiger partial charge on any atom is -0.496 e. The summed E-state index contributed by atoms with van der Waals surface area (Å²) in [6.07, 6.45) is 0. The number of rotatable bonds is 6. The fourth-order valence-electron chi connectivity index (χ4n) is 2.21. The van der Waals surface area contributed by atoms with Gasteiger partial charge in [-0.15, -0.1) is 0 Å². The topological polar surface area (TPSA) is 41.6 Å². The van der Waals surface area contributed by atoms with E-state index in [4.69, 9.17) is 16.3 Å². The standard InChI is InChI=1S/C17H18BrClN2O2/c1-21(10-12-9-13(19)7-8-16(12)23-2)11-17(22)20-15-6-4-3-5-14(15)18/h3-9H,10-11H2,1-2H3,(H,20,22). The van der Waals surface area contributed by atoms with E-state index < -0.39 is 0 Å². The second kappa shape index (κ2) is 8.34. The van der Waals surface area contributed by atoms with Crippen LogP contribution < -0.4 is 10.1 Å². The molecule has 0 saturated carbocycles. The molecule has 0 spiro atoms. The fourth-order valence-corrected chi connectivity index (χ4v) is 2.79. The molecule has 23 heavy (non-hydrogen) atoms. The van der Waals surface area contributed by atoms with Gasteiger partial charge in [-0.2, -0.15) is 0 Å². The van der Waals surface area contributed by atoms with Crippen LogP contribution in [0.15, 0.2) is 46.9 Å². The summed E-state index contributed by atoms with van der Waals surface area (Å²) in [5.41, 5.74) is 1.70. The van der Waals surface area contributed by atoms with Crippen LogP contribution in [-0.2, 0) is 11.3 Å². The van der Waals surface area contributed by atoms with Crippen molar-refractivity contribution in [3.05, 3.63) is 57.5 Å². The predicted molar refractivity (Wildman–Crippen MR) is 97.1 cm³/mol. The van der Waals surface area contributed by atoms with Gasteiger partial charge >= 0.3 is 0 Å². The summed E-state index contributed by atoms with van der Waals surface area (Å²) in [4.78, 5) is 14.1. The zero-order chi connectivity index (χ0) is 16.8. The Morgan fingerprint density at radius 2 is 2.04 bits per heavy atom. The van der Waals surface area contributed by atoms with E-state index in [9.17, 15) is 4.79 Å². The predicted octanol–water partition coefficient (Wildman–Crippen LogP) is 4.18. The lowest BCUT2D eigenvalue weighted by molar-refractivity contribution is -0.117. The number of carbonyl (C=O) groups is 1. The van der Waals surface area contributed by atoms with Crippen LogP contribution in [0, 0.1) is 0 Å². The molecule has 0 aromatic heterocycles. The van der Waals surface area contributed by atoms with Crippen LogP contribution in [0.25, 0.3) is 0 Å². The molecule has 0 unspecified atom stereocenters. The molecular weight excluding hydrogens is 380 g/mol. The Kier molecular flexibility index (Phi) is 6.45. The van der Waals surface area contributed by atoms with Crippen LogP contribution in [-0.4, -0.2) is 31.5 Å². The smallest absolute Gasteiger partial charge is 0.238 e. The van der Waals surface area contributed by atoms with Gasteiger partial charge in [0, 0.05) is 21.6 Å². The van der Waals surface area contributed by atoms with E-state index in [-0.39, 0.29) is 12.5 Å². The lowest BCUT2D eigenvalue weighted by atomic mass is 10.2. The summed E-state index contributed by atoms with van der Waals surface area (Å²) in [6.45, 7) is 0.824. The lowest BCUT2D eigenvalue weighted by Crippen LogP contribution is -2.30. The van der Waals surface area contributed by atoms with Crippen molar-refractivity contribution >= 4 is 39.1 Å². The van der Waals surface area contributed by atoms with E-state index in [1.165, 1.54) is 0 Å². The van der Waals surface area contributed by atoms with E-state index in [0.29, 0.717) is 11.6 Å². The molecule has 4 nitrogen and oxygen atoms in total.